The molecule has 0 aliphatic carbocycles. The average Bonchev–Trinajstić information content (AvgIpc) is 3.26. The van der Waals surface area contributed by atoms with Crippen molar-refractivity contribution >= 4 is 46.9 Å². The third-order valence-corrected chi connectivity index (χ3v) is 5.33. The lowest BCUT2D eigenvalue weighted by atomic mass is 10.1. The number of benzene rings is 2. The number of halogens is 1. The summed E-state index contributed by atoms with van der Waals surface area (Å²) in [5.74, 6) is -3.51. The van der Waals surface area contributed by atoms with Gasteiger partial charge in [0.05, 0.1) is 18.1 Å². The van der Waals surface area contributed by atoms with E-state index in [1.165, 1.54) is 29.2 Å². The third kappa shape index (κ3) is 7.03. The van der Waals surface area contributed by atoms with E-state index in [2.05, 4.69) is 10.9 Å². The highest BCUT2D eigenvalue weighted by molar-refractivity contribution is 6.30. The Bertz CT molecular complexity index is 1100. The van der Waals surface area contributed by atoms with Crippen LogP contribution in [0.25, 0.3) is 0 Å². The lowest BCUT2D eigenvalue weighted by Crippen LogP contribution is -2.43. The number of nitrogens with one attached hydrogen (secondary N) is 2. The first-order chi connectivity index (χ1) is 16.8. The van der Waals surface area contributed by atoms with Crippen molar-refractivity contribution in [3.63, 3.8) is 0 Å². The third-order valence-electron chi connectivity index (χ3n) is 5.08. The maximum atomic E-state index is 12.4. The van der Waals surface area contributed by atoms with Gasteiger partial charge in [-0.25, -0.2) is 4.79 Å². The maximum Gasteiger partial charge on any atom is 0.338 e. The van der Waals surface area contributed by atoms with Crippen LogP contribution in [0.3, 0.4) is 0 Å². The van der Waals surface area contributed by atoms with Crippen LogP contribution in [-0.4, -0.2) is 49.4 Å². The predicted octanol–water partition coefficient (Wildman–Crippen LogP) is 2.26. The van der Waals surface area contributed by atoms with Crippen LogP contribution in [0, 0.1) is 5.92 Å². The Balaban J connectivity index is 1.45. The number of ether oxygens (including phenoxy) is 2. The Labute approximate surface area is 206 Å². The first-order valence-corrected chi connectivity index (χ1v) is 11.2. The first-order valence-electron chi connectivity index (χ1n) is 10.9. The number of hydrogen-bond donors (Lipinski definition) is 2. The van der Waals surface area contributed by atoms with E-state index in [4.69, 9.17) is 21.1 Å². The summed E-state index contributed by atoms with van der Waals surface area (Å²) in [6, 6.07) is 12.3. The Morgan fingerprint density at radius 2 is 1.63 bits per heavy atom. The second-order valence-corrected chi connectivity index (χ2v) is 8.14. The molecule has 1 saturated heterocycles. The molecule has 3 rings (SSSR count). The quantitative estimate of drug-likeness (QED) is 0.419. The molecule has 0 aromatic heterocycles. The molecule has 0 unspecified atom stereocenters. The van der Waals surface area contributed by atoms with E-state index < -0.39 is 36.3 Å². The van der Waals surface area contributed by atoms with E-state index in [1.54, 1.807) is 24.3 Å². The molecule has 2 aromatic carbocycles. The number of nitrogens with zero attached hydrogens (tertiary/aromatic N) is 1. The number of hydrogen-bond acceptors (Lipinski definition) is 7. The van der Waals surface area contributed by atoms with Gasteiger partial charge in [-0.3, -0.25) is 30.0 Å². The molecule has 2 N–H and O–H groups in total. The summed E-state index contributed by atoms with van der Waals surface area (Å²) in [5.41, 5.74) is 5.52. The highest BCUT2D eigenvalue weighted by Gasteiger charge is 2.36. The van der Waals surface area contributed by atoms with E-state index in [0.29, 0.717) is 29.3 Å². The van der Waals surface area contributed by atoms with Crippen LogP contribution < -0.4 is 15.8 Å². The summed E-state index contributed by atoms with van der Waals surface area (Å²) in [7, 11) is 0. The highest BCUT2D eigenvalue weighted by Crippen LogP contribution is 2.26. The SMILES string of the molecule is CCCOC(=O)c1ccc(N2C[C@H](C(=O)OCC(=O)NNC(=O)c3ccc(Cl)cc3)CC2=O)cc1. The molecule has 3 amide bonds. The Morgan fingerprint density at radius 3 is 2.29 bits per heavy atom. The molecule has 184 valence electrons. The molecule has 1 fully saturated rings. The van der Waals surface area contributed by atoms with Crippen LogP contribution in [0.4, 0.5) is 5.69 Å². The fourth-order valence-corrected chi connectivity index (χ4v) is 3.39. The van der Waals surface area contributed by atoms with Gasteiger partial charge in [-0.1, -0.05) is 18.5 Å². The first kappa shape index (κ1) is 25.7. The standard InChI is InChI=1S/C24H24ClN3O7/c1-2-11-34-23(32)16-5-9-19(10-6-16)28-13-17(12-21(28)30)24(33)35-14-20(29)26-27-22(31)15-3-7-18(25)8-4-15/h3-10,17H,2,11-14H2,1H3,(H,26,29)(H,27,31)/t17-/m1/s1. The molecule has 1 aliphatic heterocycles. The van der Waals surface area contributed by atoms with Gasteiger partial charge in [-0.15, -0.1) is 0 Å². The van der Waals surface area contributed by atoms with Gasteiger partial charge in [0.1, 0.15) is 0 Å². The fourth-order valence-electron chi connectivity index (χ4n) is 3.26. The van der Waals surface area contributed by atoms with Crippen molar-refractivity contribution in [2.75, 3.05) is 24.7 Å². The Kier molecular flexibility index (Phi) is 8.80. The Morgan fingerprint density at radius 1 is 0.971 bits per heavy atom. The zero-order valence-corrected chi connectivity index (χ0v) is 19.7. The van der Waals surface area contributed by atoms with Gasteiger partial charge in [-0.2, -0.15) is 0 Å². The summed E-state index contributed by atoms with van der Waals surface area (Å²) in [4.78, 5) is 62.0. The number of amides is 3. The lowest BCUT2D eigenvalue weighted by Gasteiger charge is -2.17. The minimum atomic E-state index is -0.756. The second-order valence-electron chi connectivity index (χ2n) is 7.71. The van der Waals surface area contributed by atoms with Gasteiger partial charge < -0.3 is 14.4 Å². The topological polar surface area (TPSA) is 131 Å². The van der Waals surface area contributed by atoms with E-state index in [-0.39, 0.29) is 24.4 Å². The van der Waals surface area contributed by atoms with Crippen LogP contribution in [0.1, 0.15) is 40.5 Å². The molecule has 1 aliphatic rings. The molecule has 0 saturated carbocycles. The summed E-state index contributed by atoms with van der Waals surface area (Å²) < 4.78 is 10.1. The number of hydrazine groups is 1. The number of carbonyl (C=O) groups is 5. The Hall–Kier alpha value is -3.92. The zero-order valence-electron chi connectivity index (χ0n) is 18.9. The normalized spacial score (nSPS) is 14.9. The number of esters is 2. The van der Waals surface area contributed by atoms with Crippen LogP contribution in [0.2, 0.25) is 5.02 Å². The minimum Gasteiger partial charge on any atom is -0.462 e. The van der Waals surface area contributed by atoms with Crippen LogP contribution in [-0.2, 0) is 23.9 Å². The fraction of sp³-hybridized carbons (Fsp3) is 0.292. The van der Waals surface area contributed by atoms with Gasteiger partial charge in [0.15, 0.2) is 6.61 Å². The number of carbonyl (C=O) groups excluding carboxylic acids is 5. The molecule has 1 heterocycles. The summed E-state index contributed by atoms with van der Waals surface area (Å²) in [6.45, 7) is 1.66. The van der Waals surface area contributed by atoms with Crippen molar-refractivity contribution in [2.45, 2.75) is 19.8 Å². The molecule has 0 bridgehead atoms. The van der Waals surface area contributed by atoms with Gasteiger partial charge >= 0.3 is 11.9 Å². The monoisotopic (exact) mass is 501 g/mol. The van der Waals surface area contributed by atoms with Crippen molar-refractivity contribution in [3.8, 4) is 0 Å². The molecule has 2 aromatic rings. The highest BCUT2D eigenvalue weighted by atomic mass is 35.5. The van der Waals surface area contributed by atoms with E-state index in [1.807, 2.05) is 6.92 Å². The van der Waals surface area contributed by atoms with Gasteiger partial charge in [-0.05, 0) is 55.0 Å². The van der Waals surface area contributed by atoms with Gasteiger partial charge in [0.2, 0.25) is 5.91 Å². The minimum absolute atomic E-state index is 0.0753. The van der Waals surface area contributed by atoms with Crippen molar-refractivity contribution in [1.82, 2.24) is 10.9 Å². The summed E-state index contributed by atoms with van der Waals surface area (Å²) in [5, 5.41) is 0.464. The summed E-state index contributed by atoms with van der Waals surface area (Å²) >= 11 is 5.76. The smallest absolute Gasteiger partial charge is 0.338 e. The zero-order chi connectivity index (χ0) is 25.4. The number of rotatable bonds is 8. The van der Waals surface area contributed by atoms with E-state index in [0.717, 1.165) is 0 Å². The molecular weight excluding hydrogens is 478 g/mol. The van der Waals surface area contributed by atoms with E-state index in [9.17, 15) is 24.0 Å². The van der Waals surface area contributed by atoms with Crippen molar-refractivity contribution in [3.05, 3.63) is 64.7 Å². The summed E-state index contributed by atoms with van der Waals surface area (Å²) in [6.07, 6.45) is 0.636. The predicted molar refractivity (Wildman–Crippen MR) is 125 cm³/mol. The molecule has 11 heteroatoms. The molecule has 10 nitrogen and oxygen atoms in total. The largest absolute Gasteiger partial charge is 0.462 e. The average molecular weight is 502 g/mol. The van der Waals surface area contributed by atoms with Gasteiger partial charge in [0, 0.05) is 29.2 Å². The van der Waals surface area contributed by atoms with Crippen molar-refractivity contribution in [2.24, 2.45) is 5.92 Å². The second kappa shape index (κ2) is 12.0. The van der Waals surface area contributed by atoms with Crippen LogP contribution in [0.15, 0.2) is 48.5 Å². The lowest BCUT2D eigenvalue weighted by molar-refractivity contribution is -0.152. The molecule has 35 heavy (non-hydrogen) atoms. The van der Waals surface area contributed by atoms with Crippen molar-refractivity contribution in [1.29, 1.82) is 0 Å². The maximum absolute atomic E-state index is 12.4. The van der Waals surface area contributed by atoms with Crippen LogP contribution in [0.5, 0.6) is 0 Å². The van der Waals surface area contributed by atoms with Crippen LogP contribution >= 0.6 is 11.6 Å². The van der Waals surface area contributed by atoms with E-state index >= 15 is 0 Å². The molecule has 1 atom stereocenters. The molecule has 0 spiro atoms. The molecular formula is C24H24ClN3O7. The number of anilines is 1. The van der Waals surface area contributed by atoms with Crippen molar-refractivity contribution < 1.29 is 33.4 Å². The molecule has 0 radical (unpaired) electrons. The van der Waals surface area contributed by atoms with Gasteiger partial charge in [0.25, 0.3) is 11.8 Å².